The summed E-state index contributed by atoms with van der Waals surface area (Å²) in [5, 5.41) is 2.89. The SMILES string of the molecule is C=C1C[C@@H]2C=Nc3cc(OCCCC(=O)Nc4cc(C)n(C)c4)c(OC)cc3C(=O)N2C1. The number of aromatic nitrogens is 1. The highest BCUT2D eigenvalue weighted by Crippen LogP contribution is 2.38. The molecule has 1 N–H and O–H groups in total. The number of carbonyl (C=O) groups is 2. The molecule has 168 valence electrons. The van der Waals surface area contributed by atoms with Gasteiger partial charge in [-0.05, 0) is 31.9 Å². The average Bonchev–Trinajstić information content (AvgIpc) is 3.25. The largest absolute Gasteiger partial charge is 0.493 e. The lowest BCUT2D eigenvalue weighted by Gasteiger charge is -2.20. The predicted molar refractivity (Wildman–Crippen MR) is 123 cm³/mol. The van der Waals surface area contributed by atoms with Crippen molar-refractivity contribution in [1.82, 2.24) is 9.47 Å². The summed E-state index contributed by atoms with van der Waals surface area (Å²) in [5.74, 6) is 0.819. The fourth-order valence-corrected chi connectivity index (χ4v) is 3.99. The summed E-state index contributed by atoms with van der Waals surface area (Å²) in [4.78, 5) is 31.5. The number of rotatable bonds is 7. The van der Waals surface area contributed by atoms with Gasteiger partial charge in [-0.3, -0.25) is 14.6 Å². The van der Waals surface area contributed by atoms with Gasteiger partial charge in [0.1, 0.15) is 0 Å². The molecule has 8 nitrogen and oxygen atoms in total. The number of fused-ring (bicyclic) bond motifs is 2. The van der Waals surface area contributed by atoms with Crippen molar-refractivity contribution in [1.29, 1.82) is 0 Å². The highest BCUT2D eigenvalue weighted by Gasteiger charge is 2.34. The van der Waals surface area contributed by atoms with E-state index in [0.29, 0.717) is 48.7 Å². The maximum absolute atomic E-state index is 13.0. The minimum atomic E-state index is -0.0844. The number of nitrogens with one attached hydrogen (secondary N) is 1. The number of aryl methyl sites for hydroxylation is 2. The van der Waals surface area contributed by atoms with E-state index in [1.54, 1.807) is 23.2 Å². The second-order valence-electron chi connectivity index (χ2n) is 8.23. The Morgan fingerprint density at radius 3 is 2.84 bits per heavy atom. The molecule has 1 fully saturated rings. The number of benzene rings is 1. The van der Waals surface area contributed by atoms with E-state index in [1.807, 2.05) is 30.8 Å². The van der Waals surface area contributed by atoms with E-state index in [2.05, 4.69) is 16.9 Å². The molecule has 3 heterocycles. The van der Waals surface area contributed by atoms with Crippen LogP contribution in [-0.2, 0) is 11.8 Å². The molecule has 0 unspecified atom stereocenters. The third kappa shape index (κ3) is 4.39. The van der Waals surface area contributed by atoms with Gasteiger partial charge in [-0.15, -0.1) is 0 Å². The molecule has 0 bridgehead atoms. The van der Waals surface area contributed by atoms with E-state index in [-0.39, 0.29) is 17.9 Å². The van der Waals surface area contributed by atoms with Crippen LogP contribution in [0.25, 0.3) is 0 Å². The van der Waals surface area contributed by atoms with E-state index >= 15 is 0 Å². The van der Waals surface area contributed by atoms with Crippen LogP contribution in [0.1, 0.15) is 35.3 Å². The van der Waals surface area contributed by atoms with Crippen molar-refractivity contribution in [2.24, 2.45) is 12.0 Å². The highest BCUT2D eigenvalue weighted by atomic mass is 16.5. The van der Waals surface area contributed by atoms with Crippen LogP contribution < -0.4 is 14.8 Å². The van der Waals surface area contributed by atoms with Crippen LogP contribution >= 0.6 is 0 Å². The number of anilines is 1. The van der Waals surface area contributed by atoms with Gasteiger partial charge in [-0.1, -0.05) is 12.2 Å². The van der Waals surface area contributed by atoms with Crippen LogP contribution in [0.5, 0.6) is 11.5 Å². The minimum absolute atomic E-state index is 0.0644. The Morgan fingerprint density at radius 2 is 2.12 bits per heavy atom. The van der Waals surface area contributed by atoms with Crippen LogP contribution in [0.2, 0.25) is 0 Å². The van der Waals surface area contributed by atoms with Gasteiger partial charge in [0.2, 0.25) is 5.91 Å². The molecule has 1 saturated heterocycles. The second-order valence-corrected chi connectivity index (χ2v) is 8.23. The zero-order valence-electron chi connectivity index (χ0n) is 18.7. The van der Waals surface area contributed by atoms with Gasteiger partial charge in [0.05, 0.1) is 36.7 Å². The van der Waals surface area contributed by atoms with Gasteiger partial charge in [0, 0.05) is 44.2 Å². The van der Waals surface area contributed by atoms with Crippen molar-refractivity contribution in [2.75, 3.05) is 25.6 Å². The van der Waals surface area contributed by atoms with E-state index in [4.69, 9.17) is 9.47 Å². The van der Waals surface area contributed by atoms with E-state index in [0.717, 1.165) is 23.4 Å². The zero-order chi connectivity index (χ0) is 22.8. The summed E-state index contributed by atoms with van der Waals surface area (Å²) in [5.41, 5.74) is 3.93. The maximum atomic E-state index is 13.0. The van der Waals surface area contributed by atoms with Crippen molar-refractivity contribution < 1.29 is 19.1 Å². The van der Waals surface area contributed by atoms with Crippen molar-refractivity contribution in [2.45, 2.75) is 32.2 Å². The molecule has 4 rings (SSSR count). The molecule has 8 heteroatoms. The Bertz CT molecular complexity index is 1080. The van der Waals surface area contributed by atoms with Crippen LogP contribution in [0.4, 0.5) is 11.4 Å². The topological polar surface area (TPSA) is 85.2 Å². The number of methoxy groups -OCH3 is 1. The third-order valence-electron chi connectivity index (χ3n) is 5.79. The summed E-state index contributed by atoms with van der Waals surface area (Å²) in [6, 6.07) is 5.27. The lowest BCUT2D eigenvalue weighted by molar-refractivity contribution is -0.116. The summed E-state index contributed by atoms with van der Waals surface area (Å²) < 4.78 is 13.3. The summed E-state index contributed by atoms with van der Waals surface area (Å²) >= 11 is 0. The first kappa shape index (κ1) is 21.7. The lowest BCUT2D eigenvalue weighted by Crippen LogP contribution is -2.35. The molecule has 1 aromatic carbocycles. The molecule has 2 aliphatic heterocycles. The van der Waals surface area contributed by atoms with Crippen molar-refractivity contribution >= 4 is 29.4 Å². The molecule has 1 aromatic heterocycles. The zero-order valence-corrected chi connectivity index (χ0v) is 18.7. The first-order valence-electron chi connectivity index (χ1n) is 10.6. The van der Waals surface area contributed by atoms with Gasteiger partial charge < -0.3 is 24.3 Å². The Labute approximate surface area is 187 Å². The molecule has 2 aliphatic rings. The van der Waals surface area contributed by atoms with Crippen LogP contribution in [0, 0.1) is 6.92 Å². The van der Waals surface area contributed by atoms with E-state index < -0.39 is 0 Å². The first-order valence-corrected chi connectivity index (χ1v) is 10.6. The number of amides is 2. The second kappa shape index (κ2) is 8.90. The molecule has 0 radical (unpaired) electrons. The lowest BCUT2D eigenvalue weighted by atomic mass is 10.1. The van der Waals surface area contributed by atoms with Gasteiger partial charge in [-0.25, -0.2) is 0 Å². The number of ether oxygens (including phenoxy) is 2. The monoisotopic (exact) mass is 436 g/mol. The van der Waals surface area contributed by atoms with E-state index in [9.17, 15) is 9.59 Å². The summed E-state index contributed by atoms with van der Waals surface area (Å²) in [6.07, 6.45) is 5.28. The average molecular weight is 437 g/mol. The fraction of sp³-hybridized carbons (Fsp3) is 0.375. The van der Waals surface area contributed by atoms with Crippen molar-refractivity contribution in [3.63, 3.8) is 0 Å². The molecule has 32 heavy (non-hydrogen) atoms. The Hall–Kier alpha value is -3.55. The van der Waals surface area contributed by atoms with Crippen LogP contribution in [-0.4, -0.2) is 53.8 Å². The molecule has 1 atom stereocenters. The molecule has 0 spiro atoms. The fourth-order valence-electron chi connectivity index (χ4n) is 3.99. The highest BCUT2D eigenvalue weighted by molar-refractivity contribution is 6.03. The standard InChI is InChI=1S/C24H28N4O4/c1-15-8-18-12-25-20-11-22(21(31-4)10-19(20)24(30)28(18)13-15)32-7-5-6-23(29)26-17-9-16(2)27(3)14-17/h9-12,14,18H,1,5-8,13H2,2-4H3,(H,26,29)/t18-/m1/s1. The molecule has 0 saturated carbocycles. The predicted octanol–water partition coefficient (Wildman–Crippen LogP) is 3.63. The summed E-state index contributed by atoms with van der Waals surface area (Å²) in [6.45, 7) is 6.86. The van der Waals surface area contributed by atoms with Gasteiger partial charge in [0.25, 0.3) is 5.91 Å². The van der Waals surface area contributed by atoms with Crippen LogP contribution in [0.3, 0.4) is 0 Å². The molecule has 2 amide bonds. The number of carbonyl (C=O) groups excluding carboxylic acids is 2. The number of hydrogen-bond donors (Lipinski definition) is 1. The number of nitrogens with zero attached hydrogens (tertiary/aromatic N) is 3. The van der Waals surface area contributed by atoms with E-state index in [1.165, 1.54) is 7.11 Å². The Morgan fingerprint density at radius 1 is 1.31 bits per heavy atom. The van der Waals surface area contributed by atoms with Crippen molar-refractivity contribution in [3.05, 3.63) is 47.8 Å². The van der Waals surface area contributed by atoms with Gasteiger partial charge in [-0.2, -0.15) is 0 Å². The summed E-state index contributed by atoms with van der Waals surface area (Å²) in [7, 11) is 3.47. The minimum Gasteiger partial charge on any atom is -0.493 e. The first-order chi connectivity index (χ1) is 15.4. The molecular weight excluding hydrogens is 408 g/mol. The van der Waals surface area contributed by atoms with Crippen molar-refractivity contribution in [3.8, 4) is 11.5 Å². The normalized spacial score (nSPS) is 17.1. The smallest absolute Gasteiger partial charge is 0.257 e. The molecule has 2 aromatic rings. The number of aliphatic imine (C=N–C) groups is 1. The van der Waals surface area contributed by atoms with Crippen LogP contribution in [0.15, 0.2) is 41.5 Å². The van der Waals surface area contributed by atoms with Gasteiger partial charge in [0.15, 0.2) is 11.5 Å². The molecule has 0 aliphatic carbocycles. The number of hydrogen-bond acceptors (Lipinski definition) is 5. The maximum Gasteiger partial charge on any atom is 0.257 e. The molecular formula is C24H28N4O4. The Balaban J connectivity index is 1.38. The Kier molecular flexibility index (Phi) is 6.03. The van der Waals surface area contributed by atoms with Gasteiger partial charge >= 0.3 is 0 Å². The third-order valence-corrected chi connectivity index (χ3v) is 5.79. The quantitative estimate of drug-likeness (QED) is 0.531.